The lowest BCUT2D eigenvalue weighted by Gasteiger charge is -2.32. The van der Waals surface area contributed by atoms with Gasteiger partial charge in [0.1, 0.15) is 5.56 Å². The molecule has 1 saturated heterocycles. The van der Waals surface area contributed by atoms with Crippen molar-refractivity contribution in [2.45, 2.75) is 19.0 Å². The molecule has 0 aromatic carbocycles. The van der Waals surface area contributed by atoms with Crippen molar-refractivity contribution in [2.24, 2.45) is 5.92 Å². The van der Waals surface area contributed by atoms with Crippen LogP contribution in [0.1, 0.15) is 23.2 Å². The predicted octanol–water partition coefficient (Wildman–Crippen LogP) is 1.38. The number of piperidine rings is 1. The van der Waals surface area contributed by atoms with E-state index in [9.17, 15) is 22.8 Å². The van der Waals surface area contributed by atoms with E-state index in [1.165, 1.54) is 17.2 Å². The summed E-state index contributed by atoms with van der Waals surface area (Å²) in [7, 11) is 0. The van der Waals surface area contributed by atoms with Crippen LogP contribution in [0.2, 0.25) is 0 Å². The van der Waals surface area contributed by atoms with Gasteiger partial charge in [-0.2, -0.15) is 13.2 Å². The highest BCUT2D eigenvalue weighted by Crippen LogP contribution is 2.22. The number of hydrogen-bond donors (Lipinski definition) is 2. The van der Waals surface area contributed by atoms with Crippen molar-refractivity contribution in [1.29, 1.82) is 0 Å². The molecule has 5 nitrogen and oxygen atoms in total. The smallest absolute Gasteiger partial charge is 0.352 e. The van der Waals surface area contributed by atoms with E-state index in [2.05, 4.69) is 10.3 Å². The molecule has 2 N–H and O–H groups in total. The average molecular weight is 317 g/mol. The van der Waals surface area contributed by atoms with Crippen LogP contribution in [0, 0.1) is 5.92 Å². The van der Waals surface area contributed by atoms with E-state index < -0.39 is 24.2 Å². The third kappa shape index (κ3) is 4.87. The van der Waals surface area contributed by atoms with Crippen LogP contribution in [-0.4, -0.2) is 48.1 Å². The van der Waals surface area contributed by atoms with Gasteiger partial charge in [0.15, 0.2) is 0 Å². The zero-order chi connectivity index (χ0) is 16.2. The number of nitrogens with zero attached hydrogens (tertiary/aromatic N) is 1. The number of halogens is 3. The minimum Gasteiger partial charge on any atom is -0.352 e. The first-order valence-corrected chi connectivity index (χ1v) is 7.10. The monoisotopic (exact) mass is 317 g/mol. The number of pyridine rings is 1. The normalized spacial score (nSPS) is 17.4. The van der Waals surface area contributed by atoms with Gasteiger partial charge in [0.2, 0.25) is 0 Å². The van der Waals surface area contributed by atoms with E-state index in [1.807, 2.05) is 0 Å². The predicted molar refractivity (Wildman–Crippen MR) is 74.6 cm³/mol. The maximum atomic E-state index is 12.3. The molecule has 122 valence electrons. The summed E-state index contributed by atoms with van der Waals surface area (Å²) >= 11 is 0. The first-order valence-electron chi connectivity index (χ1n) is 7.10. The van der Waals surface area contributed by atoms with Gasteiger partial charge in [-0.1, -0.05) is 0 Å². The number of aromatic amines is 1. The van der Waals surface area contributed by atoms with E-state index in [-0.39, 0.29) is 11.5 Å². The van der Waals surface area contributed by atoms with Crippen molar-refractivity contribution in [1.82, 2.24) is 15.2 Å². The number of hydrogen-bond acceptors (Lipinski definition) is 3. The van der Waals surface area contributed by atoms with Gasteiger partial charge < -0.3 is 10.3 Å². The van der Waals surface area contributed by atoms with Crippen LogP contribution < -0.4 is 10.9 Å². The van der Waals surface area contributed by atoms with Crippen molar-refractivity contribution in [2.75, 3.05) is 26.2 Å². The molecule has 1 aromatic rings. The van der Waals surface area contributed by atoms with Crippen LogP contribution in [0.4, 0.5) is 13.2 Å². The average Bonchev–Trinajstić information content (AvgIpc) is 2.45. The number of rotatable bonds is 4. The molecule has 0 bridgehead atoms. The molecule has 8 heteroatoms. The second kappa shape index (κ2) is 6.95. The third-order valence-corrected chi connectivity index (χ3v) is 3.72. The molecule has 0 saturated carbocycles. The molecule has 1 aliphatic rings. The molecule has 1 aromatic heterocycles. The summed E-state index contributed by atoms with van der Waals surface area (Å²) in [6.07, 6.45) is -1.53. The highest BCUT2D eigenvalue weighted by atomic mass is 19.4. The van der Waals surface area contributed by atoms with Gasteiger partial charge in [-0.05, 0) is 44.0 Å². The Hall–Kier alpha value is -1.83. The lowest BCUT2D eigenvalue weighted by molar-refractivity contribution is -0.148. The summed E-state index contributed by atoms with van der Waals surface area (Å²) in [6.45, 7) is 0.219. The summed E-state index contributed by atoms with van der Waals surface area (Å²) in [4.78, 5) is 27.1. The first kappa shape index (κ1) is 16.5. The van der Waals surface area contributed by atoms with E-state index in [0.29, 0.717) is 32.5 Å². The number of carbonyl (C=O) groups excluding carboxylic acids is 1. The Balaban J connectivity index is 1.76. The Kier molecular flexibility index (Phi) is 5.23. The fraction of sp³-hybridized carbons (Fsp3) is 0.571. The van der Waals surface area contributed by atoms with Crippen LogP contribution in [0.5, 0.6) is 0 Å². The second-order valence-electron chi connectivity index (χ2n) is 5.46. The summed E-state index contributed by atoms with van der Waals surface area (Å²) in [6, 6.07) is 2.99. The van der Waals surface area contributed by atoms with Crippen LogP contribution in [0.15, 0.2) is 23.1 Å². The number of likely N-dealkylation sites (tertiary alicyclic amines) is 1. The van der Waals surface area contributed by atoms with Gasteiger partial charge in [-0.25, -0.2) is 0 Å². The van der Waals surface area contributed by atoms with E-state index in [0.717, 1.165) is 0 Å². The number of H-pyrrole nitrogens is 1. The fourth-order valence-corrected chi connectivity index (χ4v) is 2.53. The Morgan fingerprint density at radius 3 is 2.64 bits per heavy atom. The first-order chi connectivity index (χ1) is 10.3. The molecule has 1 aliphatic heterocycles. The molecule has 0 radical (unpaired) electrons. The minimum absolute atomic E-state index is 0.0389. The van der Waals surface area contributed by atoms with Crippen LogP contribution in [0.3, 0.4) is 0 Å². The van der Waals surface area contributed by atoms with Crippen molar-refractivity contribution in [3.05, 3.63) is 34.2 Å². The van der Waals surface area contributed by atoms with Crippen molar-refractivity contribution in [3.63, 3.8) is 0 Å². The lowest BCUT2D eigenvalue weighted by atomic mass is 9.96. The Morgan fingerprint density at radius 1 is 1.36 bits per heavy atom. The van der Waals surface area contributed by atoms with E-state index in [1.54, 1.807) is 6.07 Å². The highest BCUT2D eigenvalue weighted by Gasteiger charge is 2.32. The standard InChI is InChI=1S/C14H18F3N3O2/c15-14(16,17)9-20-6-3-10(4-7-20)8-19-13(22)11-2-1-5-18-12(11)21/h1-2,5,10H,3-4,6-9H2,(H,18,21)(H,19,22). The van der Waals surface area contributed by atoms with Crippen LogP contribution in [0.25, 0.3) is 0 Å². The van der Waals surface area contributed by atoms with Crippen LogP contribution in [-0.2, 0) is 0 Å². The molecule has 0 atom stereocenters. The fourth-order valence-electron chi connectivity index (χ4n) is 2.53. The molecular formula is C14H18F3N3O2. The summed E-state index contributed by atoms with van der Waals surface area (Å²) in [5, 5.41) is 2.67. The largest absolute Gasteiger partial charge is 0.401 e. The van der Waals surface area contributed by atoms with Gasteiger partial charge in [0, 0.05) is 12.7 Å². The maximum absolute atomic E-state index is 12.3. The molecule has 22 heavy (non-hydrogen) atoms. The summed E-state index contributed by atoms with van der Waals surface area (Å²) in [5.41, 5.74) is -0.419. The molecule has 1 amide bonds. The van der Waals surface area contributed by atoms with Crippen molar-refractivity contribution >= 4 is 5.91 Å². The zero-order valence-corrected chi connectivity index (χ0v) is 11.9. The second-order valence-corrected chi connectivity index (χ2v) is 5.46. The van der Waals surface area contributed by atoms with Gasteiger partial charge in [0.25, 0.3) is 11.5 Å². The maximum Gasteiger partial charge on any atom is 0.401 e. The highest BCUT2D eigenvalue weighted by molar-refractivity contribution is 5.93. The van der Waals surface area contributed by atoms with Crippen LogP contribution >= 0.6 is 0 Å². The molecule has 1 fully saturated rings. The van der Waals surface area contributed by atoms with Crippen molar-refractivity contribution < 1.29 is 18.0 Å². The Labute approximate surface area is 125 Å². The number of amides is 1. The molecule has 0 aliphatic carbocycles. The van der Waals surface area contributed by atoms with E-state index >= 15 is 0 Å². The van der Waals surface area contributed by atoms with Gasteiger partial charge in [-0.3, -0.25) is 14.5 Å². The molecule has 0 spiro atoms. The number of carbonyl (C=O) groups is 1. The topological polar surface area (TPSA) is 65.2 Å². The zero-order valence-electron chi connectivity index (χ0n) is 11.9. The number of nitrogens with one attached hydrogen (secondary N) is 2. The Morgan fingerprint density at radius 2 is 2.05 bits per heavy atom. The SMILES string of the molecule is O=C(NCC1CCN(CC(F)(F)F)CC1)c1ccc[nH]c1=O. The van der Waals surface area contributed by atoms with Crippen molar-refractivity contribution in [3.8, 4) is 0 Å². The Bertz CT molecular complexity index is 563. The lowest BCUT2D eigenvalue weighted by Crippen LogP contribution is -2.42. The summed E-state index contributed by atoms with van der Waals surface area (Å²) in [5.74, 6) is -0.323. The minimum atomic E-state index is -4.17. The quantitative estimate of drug-likeness (QED) is 0.882. The van der Waals surface area contributed by atoms with E-state index in [4.69, 9.17) is 0 Å². The molecule has 0 unspecified atom stereocenters. The molecular weight excluding hydrogens is 299 g/mol. The summed E-state index contributed by atoms with van der Waals surface area (Å²) < 4.78 is 36.9. The molecule has 2 heterocycles. The molecule has 2 rings (SSSR count). The number of alkyl halides is 3. The third-order valence-electron chi connectivity index (χ3n) is 3.72. The number of aromatic nitrogens is 1. The van der Waals surface area contributed by atoms with Gasteiger partial charge in [-0.15, -0.1) is 0 Å². The van der Waals surface area contributed by atoms with Gasteiger partial charge >= 0.3 is 6.18 Å². The van der Waals surface area contributed by atoms with Gasteiger partial charge in [0.05, 0.1) is 6.54 Å².